The van der Waals surface area contributed by atoms with E-state index >= 15 is 0 Å². The Bertz CT molecular complexity index is 1160. The van der Waals surface area contributed by atoms with E-state index in [0.29, 0.717) is 5.75 Å². The lowest BCUT2D eigenvalue weighted by Crippen LogP contribution is -2.31. The topological polar surface area (TPSA) is 102 Å². The van der Waals surface area contributed by atoms with Crippen LogP contribution in [0.1, 0.15) is 55.3 Å². The van der Waals surface area contributed by atoms with Crippen molar-refractivity contribution in [1.29, 1.82) is 0 Å². The van der Waals surface area contributed by atoms with Crippen molar-refractivity contribution < 1.29 is 9.84 Å². The molecule has 0 bridgehead atoms. The van der Waals surface area contributed by atoms with E-state index < -0.39 is 5.60 Å². The molecule has 1 fully saturated rings. The molecule has 1 aliphatic carbocycles. The van der Waals surface area contributed by atoms with E-state index in [-0.39, 0.29) is 17.7 Å². The molecule has 3 N–H and O–H groups in total. The number of likely N-dealkylation sites (N-methyl/N-ethyl adjacent to an activating group) is 1. The standard InChI is InChI=1S/C25H32N6O2/c1-16-10-17(11-18-14-30(3)9-6-21(16)18)22-13-27-23(26)24(29-22)33-20-12-28-31(15-20)19-4-7-25(2,32)8-5-19/h10-13,15,19,32H,4-9,14H2,1-3H3,(H2,26,27)/t19-,25+. The molecule has 8 heteroatoms. The van der Waals surface area contributed by atoms with Crippen molar-refractivity contribution in [2.75, 3.05) is 19.3 Å². The molecule has 0 radical (unpaired) electrons. The van der Waals surface area contributed by atoms with E-state index in [1.807, 2.05) is 17.8 Å². The van der Waals surface area contributed by atoms with Gasteiger partial charge in [0.2, 0.25) is 0 Å². The highest BCUT2D eigenvalue weighted by Gasteiger charge is 2.30. The van der Waals surface area contributed by atoms with Gasteiger partial charge in [0.1, 0.15) is 0 Å². The first-order chi connectivity index (χ1) is 15.8. The Balaban J connectivity index is 1.37. The third kappa shape index (κ3) is 4.58. The zero-order valence-electron chi connectivity index (χ0n) is 19.6. The summed E-state index contributed by atoms with van der Waals surface area (Å²) in [6.07, 6.45) is 9.64. The molecule has 2 aliphatic rings. The number of hydrogen-bond acceptors (Lipinski definition) is 7. The van der Waals surface area contributed by atoms with Crippen molar-refractivity contribution in [3.8, 4) is 22.9 Å². The number of rotatable bonds is 4. The molecule has 2 aromatic heterocycles. The molecule has 0 spiro atoms. The molecule has 33 heavy (non-hydrogen) atoms. The normalized spacial score (nSPS) is 23.3. The quantitative estimate of drug-likeness (QED) is 0.624. The van der Waals surface area contributed by atoms with Crippen LogP contribution in [0.5, 0.6) is 11.6 Å². The van der Waals surface area contributed by atoms with Crippen LogP contribution in [-0.4, -0.2) is 48.9 Å². The molecule has 174 valence electrons. The average Bonchev–Trinajstić information content (AvgIpc) is 3.23. The number of nitrogen functional groups attached to an aromatic ring is 1. The summed E-state index contributed by atoms with van der Waals surface area (Å²) in [4.78, 5) is 11.4. The van der Waals surface area contributed by atoms with E-state index in [4.69, 9.17) is 15.5 Å². The van der Waals surface area contributed by atoms with Gasteiger partial charge in [-0.3, -0.25) is 4.68 Å². The molecule has 1 saturated carbocycles. The van der Waals surface area contributed by atoms with Crippen molar-refractivity contribution in [2.45, 2.75) is 64.1 Å². The molecule has 0 saturated heterocycles. The van der Waals surface area contributed by atoms with E-state index in [2.05, 4.69) is 41.1 Å². The maximum absolute atomic E-state index is 10.2. The first-order valence-electron chi connectivity index (χ1n) is 11.7. The van der Waals surface area contributed by atoms with Crippen LogP contribution >= 0.6 is 0 Å². The van der Waals surface area contributed by atoms with Gasteiger partial charge in [-0.15, -0.1) is 0 Å². The van der Waals surface area contributed by atoms with Crippen LogP contribution in [0.3, 0.4) is 0 Å². The average molecular weight is 449 g/mol. The number of fused-ring (bicyclic) bond motifs is 1. The van der Waals surface area contributed by atoms with Gasteiger partial charge in [-0.25, -0.2) is 9.97 Å². The number of nitrogens with two attached hydrogens (primary N) is 1. The third-order valence-electron chi connectivity index (χ3n) is 7.01. The minimum Gasteiger partial charge on any atom is -0.433 e. The first-order valence-corrected chi connectivity index (χ1v) is 11.7. The van der Waals surface area contributed by atoms with Crippen molar-refractivity contribution in [2.24, 2.45) is 0 Å². The van der Waals surface area contributed by atoms with Gasteiger partial charge in [-0.05, 0) is 81.8 Å². The number of hydrogen-bond donors (Lipinski definition) is 2. The zero-order chi connectivity index (χ0) is 23.2. The van der Waals surface area contributed by atoms with Crippen LogP contribution in [0.15, 0.2) is 30.7 Å². The smallest absolute Gasteiger partial charge is 0.263 e. The summed E-state index contributed by atoms with van der Waals surface area (Å²) in [5.74, 6) is 1.11. The Morgan fingerprint density at radius 2 is 2.00 bits per heavy atom. The lowest BCUT2D eigenvalue weighted by atomic mass is 9.84. The number of aryl methyl sites for hydroxylation is 1. The van der Waals surface area contributed by atoms with Gasteiger partial charge in [0.25, 0.3) is 5.88 Å². The maximum Gasteiger partial charge on any atom is 0.263 e. The fourth-order valence-corrected chi connectivity index (χ4v) is 4.98. The van der Waals surface area contributed by atoms with Crippen LogP contribution in [-0.2, 0) is 13.0 Å². The van der Waals surface area contributed by atoms with Crippen LogP contribution < -0.4 is 10.5 Å². The summed E-state index contributed by atoms with van der Waals surface area (Å²) < 4.78 is 7.92. The summed E-state index contributed by atoms with van der Waals surface area (Å²) in [5.41, 5.74) is 11.3. The number of nitrogens with zero attached hydrogens (tertiary/aromatic N) is 5. The van der Waals surface area contributed by atoms with Crippen LogP contribution in [0.2, 0.25) is 0 Å². The number of benzene rings is 1. The predicted octanol–water partition coefficient (Wildman–Crippen LogP) is 3.88. The summed E-state index contributed by atoms with van der Waals surface area (Å²) in [6.45, 7) is 6.08. The highest BCUT2D eigenvalue weighted by molar-refractivity contribution is 5.64. The molecule has 5 rings (SSSR count). The van der Waals surface area contributed by atoms with Gasteiger partial charge in [0.15, 0.2) is 11.6 Å². The highest BCUT2D eigenvalue weighted by atomic mass is 16.5. The Morgan fingerprint density at radius 1 is 1.21 bits per heavy atom. The largest absolute Gasteiger partial charge is 0.433 e. The summed E-state index contributed by atoms with van der Waals surface area (Å²) >= 11 is 0. The van der Waals surface area contributed by atoms with Gasteiger partial charge in [-0.2, -0.15) is 5.10 Å². The van der Waals surface area contributed by atoms with Crippen LogP contribution in [0.4, 0.5) is 5.82 Å². The molecule has 1 aliphatic heterocycles. The second kappa shape index (κ2) is 8.43. The summed E-state index contributed by atoms with van der Waals surface area (Å²) in [7, 11) is 2.15. The first kappa shape index (κ1) is 21.9. The van der Waals surface area contributed by atoms with Gasteiger partial charge in [-0.1, -0.05) is 0 Å². The third-order valence-corrected chi connectivity index (χ3v) is 7.01. The van der Waals surface area contributed by atoms with Crippen LogP contribution in [0, 0.1) is 6.92 Å². The molecular formula is C25H32N6O2. The van der Waals surface area contributed by atoms with E-state index in [0.717, 1.165) is 56.5 Å². The Labute approximate surface area is 194 Å². The van der Waals surface area contributed by atoms with E-state index in [1.54, 1.807) is 12.4 Å². The van der Waals surface area contributed by atoms with Gasteiger partial charge in [0.05, 0.1) is 35.9 Å². The molecule has 1 aromatic carbocycles. The Kier molecular flexibility index (Phi) is 5.58. The van der Waals surface area contributed by atoms with E-state index in [9.17, 15) is 5.11 Å². The fraction of sp³-hybridized carbons (Fsp3) is 0.480. The SMILES string of the molecule is Cc1cc(-c2cnc(N)c(Oc3cnn([C@H]4CC[C@@](C)(O)CC4)c3)n2)cc2c1CCN(C)C2. The van der Waals surface area contributed by atoms with Crippen molar-refractivity contribution >= 4 is 5.82 Å². The summed E-state index contributed by atoms with van der Waals surface area (Å²) in [6, 6.07) is 4.64. The monoisotopic (exact) mass is 448 g/mol. The maximum atomic E-state index is 10.2. The summed E-state index contributed by atoms with van der Waals surface area (Å²) in [5, 5.41) is 14.7. The second-order valence-corrected chi connectivity index (χ2v) is 9.85. The Hall–Kier alpha value is -2.97. The van der Waals surface area contributed by atoms with E-state index in [1.165, 1.54) is 16.7 Å². The number of anilines is 1. The van der Waals surface area contributed by atoms with Crippen molar-refractivity contribution in [1.82, 2.24) is 24.6 Å². The lowest BCUT2D eigenvalue weighted by molar-refractivity contribution is 0.00850. The molecule has 3 heterocycles. The Morgan fingerprint density at radius 3 is 2.79 bits per heavy atom. The molecule has 0 atom stereocenters. The minimum absolute atomic E-state index is 0.245. The number of aliphatic hydroxyl groups is 1. The van der Waals surface area contributed by atoms with Gasteiger partial charge in [0, 0.05) is 18.7 Å². The van der Waals surface area contributed by atoms with Crippen molar-refractivity contribution in [3.63, 3.8) is 0 Å². The highest BCUT2D eigenvalue weighted by Crippen LogP contribution is 2.36. The second-order valence-electron chi connectivity index (χ2n) is 9.85. The van der Waals surface area contributed by atoms with Crippen molar-refractivity contribution in [3.05, 3.63) is 47.4 Å². The molecule has 3 aromatic rings. The molecule has 8 nitrogen and oxygen atoms in total. The van der Waals surface area contributed by atoms with Gasteiger partial charge >= 0.3 is 0 Å². The number of ether oxygens (including phenoxy) is 1. The number of aromatic nitrogens is 4. The van der Waals surface area contributed by atoms with Gasteiger partial charge < -0.3 is 20.5 Å². The molecule has 0 amide bonds. The van der Waals surface area contributed by atoms with Crippen LogP contribution in [0.25, 0.3) is 11.3 Å². The molecule has 0 unspecified atom stereocenters. The minimum atomic E-state index is -0.572. The predicted molar refractivity (Wildman–Crippen MR) is 127 cm³/mol. The fourth-order valence-electron chi connectivity index (χ4n) is 4.98. The molecular weight excluding hydrogens is 416 g/mol. The lowest BCUT2D eigenvalue weighted by Gasteiger charge is -2.32. The zero-order valence-corrected chi connectivity index (χ0v) is 19.6.